The molecule has 0 fully saturated rings. The summed E-state index contributed by atoms with van der Waals surface area (Å²) in [5.41, 5.74) is 0.404. The number of carbonyl (C=O) groups excluding carboxylic acids is 1. The molecule has 0 aliphatic carbocycles. The number of furan rings is 1. The number of hydrogen-bond donors (Lipinski definition) is 3. The molecule has 1 unspecified atom stereocenters. The molecule has 0 aromatic carbocycles. The van der Waals surface area contributed by atoms with Gasteiger partial charge in [-0.25, -0.2) is 4.79 Å². The highest BCUT2D eigenvalue weighted by Gasteiger charge is 2.27. The lowest BCUT2D eigenvalue weighted by atomic mass is 10.0. The molecule has 7 nitrogen and oxygen atoms in total. The third-order valence-corrected chi connectivity index (χ3v) is 3.72. The number of nitrogens with one attached hydrogen (secondary N) is 2. The Bertz CT molecular complexity index is 659. The molecule has 132 valence electrons. The van der Waals surface area contributed by atoms with Crippen LogP contribution >= 0.6 is 0 Å². The number of urea groups is 1. The minimum absolute atomic E-state index is 0.0357. The first-order valence-corrected chi connectivity index (χ1v) is 8.19. The highest BCUT2D eigenvalue weighted by Crippen LogP contribution is 2.20. The third-order valence-electron chi connectivity index (χ3n) is 3.72. The molecule has 0 radical (unpaired) electrons. The lowest BCUT2D eigenvalue weighted by Crippen LogP contribution is -2.40. The summed E-state index contributed by atoms with van der Waals surface area (Å²) in [6.45, 7) is 8.70. The van der Waals surface area contributed by atoms with Crippen molar-refractivity contribution >= 4 is 11.7 Å². The van der Waals surface area contributed by atoms with Crippen molar-refractivity contribution in [2.45, 2.75) is 46.3 Å². The topological polar surface area (TPSA) is 92.3 Å². The molecule has 0 aliphatic rings. The van der Waals surface area contributed by atoms with E-state index >= 15 is 0 Å². The van der Waals surface area contributed by atoms with Crippen LogP contribution in [0.25, 0.3) is 0 Å². The normalized spacial score (nSPS) is 13.8. The number of nitrogens with zero attached hydrogens (tertiary/aromatic N) is 2. The molecule has 2 aromatic rings. The van der Waals surface area contributed by atoms with Gasteiger partial charge in [-0.1, -0.05) is 20.8 Å². The Labute approximate surface area is 142 Å². The van der Waals surface area contributed by atoms with Gasteiger partial charge in [0.15, 0.2) is 0 Å². The van der Waals surface area contributed by atoms with E-state index in [4.69, 9.17) is 4.42 Å². The SMILES string of the molecule is CCc1c(NC(=O)NCC(C)(O)c2ccco2)cnn1CC(C)C. The van der Waals surface area contributed by atoms with E-state index in [1.54, 1.807) is 25.3 Å². The average molecular weight is 334 g/mol. The molecular formula is C17H26N4O3. The number of aliphatic hydroxyl groups is 1. The molecule has 24 heavy (non-hydrogen) atoms. The molecule has 3 N–H and O–H groups in total. The molecule has 0 aliphatic heterocycles. The number of anilines is 1. The number of aromatic nitrogens is 2. The largest absolute Gasteiger partial charge is 0.466 e. The smallest absolute Gasteiger partial charge is 0.319 e. The van der Waals surface area contributed by atoms with Gasteiger partial charge in [0.25, 0.3) is 0 Å². The second-order valence-electron chi connectivity index (χ2n) is 6.49. The minimum Gasteiger partial charge on any atom is -0.466 e. The van der Waals surface area contributed by atoms with Crippen molar-refractivity contribution in [3.8, 4) is 0 Å². The summed E-state index contributed by atoms with van der Waals surface area (Å²) < 4.78 is 7.11. The highest BCUT2D eigenvalue weighted by atomic mass is 16.4. The van der Waals surface area contributed by atoms with Crippen LogP contribution in [0.2, 0.25) is 0 Å². The van der Waals surface area contributed by atoms with Crippen LogP contribution in [-0.2, 0) is 18.6 Å². The Morgan fingerprint density at radius 3 is 2.83 bits per heavy atom. The predicted octanol–water partition coefficient (Wildman–Crippen LogP) is 2.72. The van der Waals surface area contributed by atoms with E-state index in [2.05, 4.69) is 29.6 Å². The predicted molar refractivity (Wildman–Crippen MR) is 91.7 cm³/mol. The van der Waals surface area contributed by atoms with Gasteiger partial charge in [-0.05, 0) is 31.4 Å². The van der Waals surface area contributed by atoms with Crippen LogP contribution in [0.3, 0.4) is 0 Å². The maximum Gasteiger partial charge on any atom is 0.319 e. The fourth-order valence-corrected chi connectivity index (χ4v) is 2.48. The molecule has 1 atom stereocenters. The lowest BCUT2D eigenvalue weighted by Gasteiger charge is -2.21. The van der Waals surface area contributed by atoms with Crippen LogP contribution in [-0.4, -0.2) is 27.5 Å². The average Bonchev–Trinajstić information content (AvgIpc) is 3.15. The van der Waals surface area contributed by atoms with Crippen molar-refractivity contribution in [3.63, 3.8) is 0 Å². The van der Waals surface area contributed by atoms with Gasteiger partial charge in [0.2, 0.25) is 0 Å². The molecule has 7 heteroatoms. The monoisotopic (exact) mass is 334 g/mol. The van der Waals surface area contributed by atoms with Gasteiger partial charge >= 0.3 is 6.03 Å². The van der Waals surface area contributed by atoms with E-state index < -0.39 is 5.60 Å². The van der Waals surface area contributed by atoms with Crippen LogP contribution in [0, 0.1) is 5.92 Å². The fraction of sp³-hybridized carbons (Fsp3) is 0.529. The van der Waals surface area contributed by atoms with Crippen LogP contribution in [0.1, 0.15) is 39.1 Å². The summed E-state index contributed by atoms with van der Waals surface area (Å²) in [4.78, 5) is 12.1. The van der Waals surface area contributed by atoms with E-state index in [-0.39, 0.29) is 12.6 Å². The van der Waals surface area contributed by atoms with Gasteiger partial charge in [-0.15, -0.1) is 0 Å². The molecule has 0 saturated carbocycles. The van der Waals surface area contributed by atoms with Gasteiger partial charge in [0.1, 0.15) is 11.4 Å². The van der Waals surface area contributed by atoms with Crippen LogP contribution in [0.15, 0.2) is 29.0 Å². The van der Waals surface area contributed by atoms with E-state index in [9.17, 15) is 9.90 Å². The molecule has 0 bridgehead atoms. The Balaban J connectivity index is 1.96. The summed E-state index contributed by atoms with van der Waals surface area (Å²) in [6.07, 6.45) is 3.92. The zero-order chi connectivity index (χ0) is 17.7. The first-order chi connectivity index (χ1) is 11.3. The van der Waals surface area contributed by atoms with Crippen LogP contribution < -0.4 is 10.6 Å². The minimum atomic E-state index is -1.27. The standard InChI is InChI=1S/C17H26N4O3/c1-5-14-13(9-19-21(14)10-12(2)3)20-16(22)18-11-17(4,23)15-7-6-8-24-15/h6-9,12,23H,5,10-11H2,1-4H3,(H2,18,20,22). The first-order valence-electron chi connectivity index (χ1n) is 8.19. The van der Waals surface area contributed by atoms with Crippen molar-refractivity contribution in [3.05, 3.63) is 36.0 Å². The van der Waals surface area contributed by atoms with Crippen LogP contribution in [0.5, 0.6) is 0 Å². The van der Waals surface area contributed by atoms with Gasteiger partial charge in [0, 0.05) is 6.54 Å². The van der Waals surface area contributed by atoms with Gasteiger partial charge in [-0.2, -0.15) is 5.10 Å². The van der Waals surface area contributed by atoms with E-state index in [1.165, 1.54) is 6.26 Å². The van der Waals surface area contributed by atoms with Crippen molar-refractivity contribution in [1.82, 2.24) is 15.1 Å². The zero-order valence-corrected chi connectivity index (χ0v) is 14.7. The van der Waals surface area contributed by atoms with Gasteiger partial charge < -0.3 is 20.2 Å². The van der Waals surface area contributed by atoms with Crippen molar-refractivity contribution in [2.75, 3.05) is 11.9 Å². The summed E-state index contributed by atoms with van der Waals surface area (Å²) in [6, 6.07) is 2.98. The second-order valence-corrected chi connectivity index (χ2v) is 6.49. The van der Waals surface area contributed by atoms with E-state index in [0.29, 0.717) is 17.4 Å². The second kappa shape index (κ2) is 7.53. The van der Waals surface area contributed by atoms with Crippen molar-refractivity contribution < 1.29 is 14.3 Å². The van der Waals surface area contributed by atoms with Crippen molar-refractivity contribution in [1.29, 1.82) is 0 Å². The molecule has 2 heterocycles. The quantitative estimate of drug-likeness (QED) is 0.726. The Morgan fingerprint density at radius 1 is 1.50 bits per heavy atom. The maximum atomic E-state index is 12.1. The van der Waals surface area contributed by atoms with Gasteiger partial charge in [0.05, 0.1) is 30.4 Å². The first kappa shape index (κ1) is 18.1. The van der Waals surface area contributed by atoms with Crippen LogP contribution in [0.4, 0.5) is 10.5 Å². The van der Waals surface area contributed by atoms with E-state index in [1.807, 2.05) is 11.6 Å². The number of hydrogen-bond acceptors (Lipinski definition) is 4. The van der Waals surface area contributed by atoms with Gasteiger partial charge in [-0.3, -0.25) is 4.68 Å². The Kier molecular flexibility index (Phi) is 5.66. The lowest BCUT2D eigenvalue weighted by molar-refractivity contribution is 0.0372. The van der Waals surface area contributed by atoms with E-state index in [0.717, 1.165) is 18.7 Å². The molecule has 2 amide bonds. The number of carbonyl (C=O) groups is 1. The summed E-state index contributed by atoms with van der Waals surface area (Å²) in [5.74, 6) is 0.877. The Morgan fingerprint density at radius 2 is 2.25 bits per heavy atom. The molecule has 2 aromatic heterocycles. The zero-order valence-electron chi connectivity index (χ0n) is 14.7. The fourth-order valence-electron chi connectivity index (χ4n) is 2.48. The molecule has 0 saturated heterocycles. The molecular weight excluding hydrogens is 308 g/mol. The molecule has 0 spiro atoms. The Hall–Kier alpha value is -2.28. The maximum absolute atomic E-state index is 12.1. The summed E-state index contributed by atoms with van der Waals surface area (Å²) >= 11 is 0. The molecule has 2 rings (SSSR count). The summed E-state index contributed by atoms with van der Waals surface area (Å²) in [5, 5.41) is 20.1. The van der Waals surface area contributed by atoms with Crippen molar-refractivity contribution in [2.24, 2.45) is 5.92 Å². The number of amides is 2. The summed E-state index contributed by atoms with van der Waals surface area (Å²) in [7, 11) is 0. The third kappa shape index (κ3) is 4.38. The highest BCUT2D eigenvalue weighted by molar-refractivity contribution is 5.89. The number of rotatable bonds is 7.